The lowest BCUT2D eigenvalue weighted by Crippen LogP contribution is -2.41. The minimum Gasteiger partial charge on any atom is -0.465 e. The molecule has 2 N–H and O–H groups in total. The number of carboxylic acid groups (broad SMARTS) is 1. The third-order valence-electron chi connectivity index (χ3n) is 4.97. The van der Waals surface area contributed by atoms with Gasteiger partial charge in [-0.15, -0.1) is 0 Å². The average molecular weight is 407 g/mol. The van der Waals surface area contributed by atoms with Crippen LogP contribution in [-0.4, -0.2) is 45.4 Å². The summed E-state index contributed by atoms with van der Waals surface area (Å²) in [6, 6.07) is 12.2. The third-order valence-corrected chi connectivity index (χ3v) is 4.97. The Balaban J connectivity index is 1.59. The number of ether oxygens (including phenoxy) is 1. The highest BCUT2D eigenvalue weighted by Gasteiger charge is 2.25. The molecular weight excluding hydrogens is 386 g/mol. The van der Waals surface area contributed by atoms with E-state index in [0.29, 0.717) is 37.0 Å². The lowest BCUT2D eigenvalue weighted by atomic mass is 10.1. The monoisotopic (exact) mass is 407 g/mol. The summed E-state index contributed by atoms with van der Waals surface area (Å²) in [6.45, 7) is 1.61. The Morgan fingerprint density at radius 2 is 1.93 bits per heavy atom. The van der Waals surface area contributed by atoms with Crippen LogP contribution in [0.2, 0.25) is 0 Å². The largest absolute Gasteiger partial charge is 0.465 e. The van der Waals surface area contributed by atoms with Gasteiger partial charge in [0.1, 0.15) is 6.10 Å². The van der Waals surface area contributed by atoms with E-state index in [4.69, 9.17) is 14.8 Å². The Morgan fingerprint density at radius 1 is 1.20 bits per heavy atom. The van der Waals surface area contributed by atoms with Gasteiger partial charge in [0.15, 0.2) is 0 Å². The van der Waals surface area contributed by atoms with Gasteiger partial charge in [-0.25, -0.2) is 9.78 Å². The van der Waals surface area contributed by atoms with Gasteiger partial charge in [-0.2, -0.15) is 0 Å². The van der Waals surface area contributed by atoms with Gasteiger partial charge in [0.25, 0.3) is 5.56 Å². The van der Waals surface area contributed by atoms with Gasteiger partial charge in [-0.1, -0.05) is 12.1 Å². The van der Waals surface area contributed by atoms with Crippen LogP contribution in [0.15, 0.2) is 59.7 Å². The number of anilines is 2. The molecule has 0 unspecified atom stereocenters. The van der Waals surface area contributed by atoms with Gasteiger partial charge in [0, 0.05) is 43.3 Å². The maximum absolute atomic E-state index is 12.5. The summed E-state index contributed by atoms with van der Waals surface area (Å²) in [5.41, 5.74) is 2.70. The standard InChI is InChI=1S/C21H21N5O4/c1-25-19(27)12-17(14-6-8-22-9-7-14)24-20(25)26-10-11-30-18(13-26)15-2-4-16(5-3-15)23-21(28)29/h2-9,12,18,23H,10-11,13H2,1H3,(H,28,29)/t18-/m1/s1. The molecule has 3 heterocycles. The third kappa shape index (κ3) is 4.15. The highest BCUT2D eigenvalue weighted by atomic mass is 16.5. The summed E-state index contributed by atoms with van der Waals surface area (Å²) >= 11 is 0. The second kappa shape index (κ2) is 8.34. The van der Waals surface area contributed by atoms with Crippen molar-refractivity contribution in [3.05, 3.63) is 70.8 Å². The normalized spacial score (nSPS) is 16.3. The molecule has 0 aliphatic carbocycles. The summed E-state index contributed by atoms with van der Waals surface area (Å²) in [6.07, 6.45) is 2.01. The zero-order chi connectivity index (χ0) is 21.1. The number of morpholine rings is 1. The molecule has 0 bridgehead atoms. The molecule has 1 fully saturated rings. The molecule has 1 aliphatic rings. The Labute approximate surface area is 172 Å². The van der Waals surface area contributed by atoms with Crippen molar-refractivity contribution in [2.45, 2.75) is 6.10 Å². The van der Waals surface area contributed by atoms with E-state index < -0.39 is 6.09 Å². The molecule has 9 heteroatoms. The lowest BCUT2D eigenvalue weighted by molar-refractivity contribution is 0.0390. The Morgan fingerprint density at radius 3 is 2.63 bits per heavy atom. The van der Waals surface area contributed by atoms with Crippen LogP contribution in [0.4, 0.5) is 16.4 Å². The molecule has 30 heavy (non-hydrogen) atoms. The number of pyridine rings is 1. The predicted octanol–water partition coefficient (Wildman–Crippen LogP) is 2.51. The SMILES string of the molecule is Cn1c(N2CCO[C@@H](c3ccc(NC(=O)O)cc3)C2)nc(-c2ccncc2)cc1=O. The fourth-order valence-corrected chi connectivity index (χ4v) is 3.42. The number of aromatic nitrogens is 3. The fraction of sp³-hybridized carbons (Fsp3) is 0.238. The topological polar surface area (TPSA) is 110 Å². The molecule has 2 aromatic heterocycles. The highest BCUT2D eigenvalue weighted by molar-refractivity contribution is 5.82. The Bertz CT molecular complexity index is 1100. The molecule has 1 aromatic carbocycles. The first-order valence-corrected chi connectivity index (χ1v) is 9.46. The molecule has 154 valence electrons. The van der Waals surface area contributed by atoms with Crippen LogP contribution in [0.5, 0.6) is 0 Å². The van der Waals surface area contributed by atoms with Crippen LogP contribution in [0.3, 0.4) is 0 Å². The Hall–Kier alpha value is -3.72. The van der Waals surface area contributed by atoms with Gasteiger partial charge in [-0.3, -0.25) is 19.7 Å². The molecule has 1 saturated heterocycles. The maximum atomic E-state index is 12.5. The molecule has 0 radical (unpaired) electrons. The Kier molecular flexibility index (Phi) is 5.44. The summed E-state index contributed by atoms with van der Waals surface area (Å²) in [4.78, 5) is 34.1. The number of nitrogens with zero attached hydrogens (tertiary/aromatic N) is 4. The van der Waals surface area contributed by atoms with Crippen LogP contribution in [0.1, 0.15) is 11.7 Å². The van der Waals surface area contributed by atoms with Gasteiger partial charge in [0.2, 0.25) is 5.95 Å². The van der Waals surface area contributed by atoms with E-state index in [-0.39, 0.29) is 11.7 Å². The van der Waals surface area contributed by atoms with E-state index in [0.717, 1.165) is 11.1 Å². The molecule has 9 nitrogen and oxygen atoms in total. The van der Waals surface area contributed by atoms with Gasteiger partial charge < -0.3 is 14.7 Å². The zero-order valence-corrected chi connectivity index (χ0v) is 16.4. The first-order chi connectivity index (χ1) is 14.5. The van der Waals surface area contributed by atoms with Crippen molar-refractivity contribution in [2.24, 2.45) is 7.05 Å². The number of nitrogens with one attached hydrogen (secondary N) is 1. The molecule has 0 saturated carbocycles. The van der Waals surface area contributed by atoms with Gasteiger partial charge >= 0.3 is 6.09 Å². The van der Waals surface area contributed by atoms with Crippen molar-refractivity contribution in [3.63, 3.8) is 0 Å². The zero-order valence-electron chi connectivity index (χ0n) is 16.4. The molecule has 4 rings (SSSR count). The van der Waals surface area contributed by atoms with Gasteiger partial charge in [-0.05, 0) is 29.8 Å². The second-order valence-corrected chi connectivity index (χ2v) is 6.93. The molecule has 1 atom stereocenters. The van der Waals surface area contributed by atoms with E-state index in [1.165, 1.54) is 10.6 Å². The molecule has 1 aliphatic heterocycles. The molecule has 3 aromatic rings. The van der Waals surface area contributed by atoms with E-state index in [2.05, 4.69) is 10.3 Å². The van der Waals surface area contributed by atoms with Crippen LogP contribution in [-0.2, 0) is 11.8 Å². The van der Waals surface area contributed by atoms with Crippen LogP contribution >= 0.6 is 0 Å². The van der Waals surface area contributed by atoms with E-state index in [1.54, 1.807) is 31.6 Å². The van der Waals surface area contributed by atoms with Crippen molar-refractivity contribution in [3.8, 4) is 11.3 Å². The molecular formula is C21H21N5O4. The second-order valence-electron chi connectivity index (χ2n) is 6.93. The number of carbonyl (C=O) groups is 1. The number of amides is 1. The maximum Gasteiger partial charge on any atom is 0.409 e. The van der Waals surface area contributed by atoms with Crippen LogP contribution in [0, 0.1) is 0 Å². The van der Waals surface area contributed by atoms with Crippen molar-refractivity contribution in [1.29, 1.82) is 0 Å². The number of hydrogen-bond donors (Lipinski definition) is 2. The van der Waals surface area contributed by atoms with Crippen molar-refractivity contribution >= 4 is 17.7 Å². The van der Waals surface area contributed by atoms with Crippen LogP contribution < -0.4 is 15.8 Å². The first kappa shape index (κ1) is 19.6. The summed E-state index contributed by atoms with van der Waals surface area (Å²) in [7, 11) is 1.71. The average Bonchev–Trinajstić information content (AvgIpc) is 2.76. The summed E-state index contributed by atoms with van der Waals surface area (Å²) < 4.78 is 7.45. The minimum absolute atomic E-state index is 0.140. The van der Waals surface area contributed by atoms with Crippen molar-refractivity contribution in [1.82, 2.24) is 14.5 Å². The lowest BCUT2D eigenvalue weighted by Gasteiger charge is -2.34. The fourth-order valence-electron chi connectivity index (χ4n) is 3.42. The number of benzene rings is 1. The minimum atomic E-state index is -1.11. The first-order valence-electron chi connectivity index (χ1n) is 9.46. The van der Waals surface area contributed by atoms with Crippen molar-refractivity contribution < 1.29 is 14.6 Å². The van der Waals surface area contributed by atoms with Crippen LogP contribution in [0.25, 0.3) is 11.3 Å². The highest BCUT2D eigenvalue weighted by Crippen LogP contribution is 2.27. The molecule has 0 spiro atoms. The summed E-state index contributed by atoms with van der Waals surface area (Å²) in [5, 5.41) is 11.1. The smallest absolute Gasteiger partial charge is 0.409 e. The van der Waals surface area contributed by atoms with E-state index in [1.807, 2.05) is 29.2 Å². The quantitative estimate of drug-likeness (QED) is 0.684. The van der Waals surface area contributed by atoms with E-state index in [9.17, 15) is 9.59 Å². The number of rotatable bonds is 4. The predicted molar refractivity (Wildman–Crippen MR) is 112 cm³/mol. The van der Waals surface area contributed by atoms with E-state index >= 15 is 0 Å². The molecule has 1 amide bonds. The number of hydrogen-bond acceptors (Lipinski definition) is 6. The van der Waals surface area contributed by atoms with Crippen molar-refractivity contribution in [2.75, 3.05) is 29.9 Å². The van der Waals surface area contributed by atoms with Gasteiger partial charge in [0.05, 0.1) is 18.8 Å². The summed E-state index contributed by atoms with van der Waals surface area (Å²) in [5.74, 6) is 0.576.